The second kappa shape index (κ2) is 23.8. The molecule has 1 aromatic heterocycles. The lowest BCUT2D eigenvalue weighted by Gasteiger charge is -2.21. The van der Waals surface area contributed by atoms with Gasteiger partial charge in [0.05, 0.1) is 38.7 Å². The molecule has 2 aliphatic rings. The third-order valence-electron chi connectivity index (χ3n) is 10.4. The number of nitrogens with two attached hydrogens (primary N) is 1. The monoisotopic (exact) mass is 952 g/mol. The van der Waals surface area contributed by atoms with E-state index in [2.05, 4.69) is 4.98 Å². The van der Waals surface area contributed by atoms with E-state index in [1.54, 1.807) is 43.8 Å². The van der Waals surface area contributed by atoms with Gasteiger partial charge in [0.2, 0.25) is 0 Å². The first kappa shape index (κ1) is 50.0. The predicted molar refractivity (Wildman–Crippen MR) is 268 cm³/mol. The number of benzene rings is 4. The number of nitrogen functional groups attached to an aromatic ring is 1. The van der Waals surface area contributed by atoms with Gasteiger partial charge in [0.1, 0.15) is 70.3 Å². The fourth-order valence-electron chi connectivity index (χ4n) is 6.49. The lowest BCUT2D eigenvalue weighted by molar-refractivity contribution is 0.00663. The van der Waals surface area contributed by atoms with Gasteiger partial charge >= 0.3 is 5.97 Å². The highest BCUT2D eigenvalue weighted by Crippen LogP contribution is 2.42. The topological polar surface area (TPSA) is 138 Å². The molecular weight excluding hydrogens is 893 g/mol. The minimum absolute atomic E-state index is 0.0974. The Kier molecular flexibility index (Phi) is 18.1. The molecule has 7 rings (SSSR count). The quantitative estimate of drug-likeness (QED) is 0.0323. The van der Waals surface area contributed by atoms with E-state index in [1.165, 1.54) is 37.4 Å². The SMILES string of the molecule is COc1ccc(COc2cccc(OCC3CC3)c2-c2cc(SC)c(C(=O)OC(C)(C)C)c(N)n2)cc1.COc1ccc(COc2cccc(OCC3CC3)c2C(=O)C=C(SC)SC)cc1. The summed E-state index contributed by atoms with van der Waals surface area (Å²) in [5.41, 5.74) is 9.74. The highest BCUT2D eigenvalue weighted by Gasteiger charge is 2.28. The molecule has 0 spiro atoms. The summed E-state index contributed by atoms with van der Waals surface area (Å²) in [6.45, 7) is 7.45. The van der Waals surface area contributed by atoms with Gasteiger partial charge in [0, 0.05) is 15.2 Å². The van der Waals surface area contributed by atoms with Crippen molar-refractivity contribution in [2.45, 2.75) is 70.2 Å². The Balaban J connectivity index is 0.000000225. The zero-order valence-corrected chi connectivity index (χ0v) is 41.4. The van der Waals surface area contributed by atoms with Gasteiger partial charge in [-0.15, -0.1) is 35.3 Å². The molecular formula is C52H60N2O9S3. The maximum atomic E-state index is 13.1. The second-order valence-electron chi connectivity index (χ2n) is 16.7. The standard InChI is InChI=1S/C29H34N2O5S.C23H26O4S2/c1-29(2,3)36-28(32)26-24(37-5)15-21(31-27(26)30)25-22(34-16-18-9-10-18)7-6-8-23(25)35-17-19-11-13-20(33-4)14-12-19;1-25-18-11-9-17(10-12-18)15-27-21-6-4-5-20(26-14-16-7-8-16)23(21)19(24)13-22(28-2)29-3/h6-8,11-15,18H,9-10,16-17H2,1-5H3,(H2,30,31);4-6,9-13,16H,7-8,14-15H2,1-3H3. The minimum atomic E-state index is -0.649. The normalized spacial score (nSPS) is 13.1. The molecule has 2 N–H and O–H groups in total. The Hall–Kier alpha value is -5.44. The molecule has 4 aromatic carbocycles. The summed E-state index contributed by atoms with van der Waals surface area (Å²) in [5, 5.41) is 0. The molecule has 350 valence electrons. The van der Waals surface area contributed by atoms with Crippen molar-refractivity contribution in [2.24, 2.45) is 11.8 Å². The number of rotatable bonds is 21. The first-order valence-corrected chi connectivity index (χ1v) is 25.5. The van der Waals surface area contributed by atoms with Gasteiger partial charge in [0.15, 0.2) is 5.78 Å². The number of thioether (sulfide) groups is 3. The number of methoxy groups -OCH3 is 2. The van der Waals surface area contributed by atoms with Crippen molar-refractivity contribution in [3.63, 3.8) is 0 Å². The molecule has 2 fully saturated rings. The maximum Gasteiger partial charge on any atom is 0.343 e. The zero-order valence-electron chi connectivity index (χ0n) is 39.0. The summed E-state index contributed by atoms with van der Waals surface area (Å²) >= 11 is 4.52. The third-order valence-corrected chi connectivity index (χ3v) is 13.2. The number of carbonyl (C=O) groups is 2. The van der Waals surface area contributed by atoms with E-state index in [4.69, 9.17) is 38.9 Å². The number of ketones is 1. The lowest BCUT2D eigenvalue weighted by Crippen LogP contribution is -2.25. The van der Waals surface area contributed by atoms with Crippen molar-refractivity contribution < 1.29 is 42.7 Å². The van der Waals surface area contributed by atoms with Gasteiger partial charge in [-0.25, -0.2) is 9.78 Å². The molecule has 0 unspecified atom stereocenters. The lowest BCUT2D eigenvalue weighted by atomic mass is 10.1. The second-order valence-corrected chi connectivity index (χ2v) is 19.6. The Morgan fingerprint density at radius 1 is 0.682 bits per heavy atom. The van der Waals surface area contributed by atoms with E-state index in [9.17, 15) is 9.59 Å². The molecule has 11 nitrogen and oxygen atoms in total. The zero-order chi connectivity index (χ0) is 47.2. The average molecular weight is 953 g/mol. The number of esters is 1. The number of hydrogen-bond acceptors (Lipinski definition) is 14. The Morgan fingerprint density at radius 3 is 1.62 bits per heavy atom. The number of carbonyl (C=O) groups excluding carboxylic acids is 2. The van der Waals surface area contributed by atoms with Gasteiger partial charge in [-0.3, -0.25) is 4.79 Å². The summed E-state index contributed by atoms with van der Waals surface area (Å²) in [6.07, 6.45) is 12.2. The average Bonchev–Trinajstić information content (AvgIpc) is 4.27. The van der Waals surface area contributed by atoms with E-state index in [1.807, 2.05) is 131 Å². The molecule has 0 bridgehead atoms. The molecule has 0 amide bonds. The minimum Gasteiger partial charge on any atom is -0.497 e. The van der Waals surface area contributed by atoms with Crippen LogP contribution in [0, 0.1) is 11.8 Å². The van der Waals surface area contributed by atoms with Gasteiger partial charge in [-0.2, -0.15) is 0 Å². The number of anilines is 1. The molecule has 1 heterocycles. The van der Waals surface area contributed by atoms with Crippen molar-refractivity contribution in [2.75, 3.05) is 51.9 Å². The number of hydrogen-bond donors (Lipinski definition) is 1. The van der Waals surface area contributed by atoms with Crippen LogP contribution in [-0.4, -0.2) is 68.5 Å². The van der Waals surface area contributed by atoms with E-state index in [0.717, 1.165) is 26.9 Å². The molecule has 14 heteroatoms. The fraction of sp³-hybridized carbons (Fsp3) is 0.365. The summed E-state index contributed by atoms with van der Waals surface area (Å²) in [6, 6.07) is 28.5. The number of nitrogens with zero attached hydrogens (tertiary/aromatic N) is 1. The Morgan fingerprint density at radius 2 is 1.15 bits per heavy atom. The van der Waals surface area contributed by atoms with Crippen LogP contribution < -0.4 is 34.2 Å². The van der Waals surface area contributed by atoms with E-state index in [0.29, 0.717) is 83.0 Å². The summed E-state index contributed by atoms with van der Waals surface area (Å²) in [7, 11) is 3.28. The predicted octanol–water partition coefficient (Wildman–Crippen LogP) is 12.2. The Labute approximate surface area is 401 Å². The molecule has 2 saturated carbocycles. The molecule has 2 aliphatic carbocycles. The molecule has 0 saturated heterocycles. The van der Waals surface area contributed by atoms with Gasteiger partial charge in [-0.05, 0) is 143 Å². The Bertz CT molecular complexity index is 2440. The van der Waals surface area contributed by atoms with Crippen LogP contribution in [0.25, 0.3) is 11.3 Å². The summed E-state index contributed by atoms with van der Waals surface area (Å²) in [4.78, 5) is 31.3. The first-order valence-electron chi connectivity index (χ1n) is 21.8. The van der Waals surface area contributed by atoms with Crippen LogP contribution in [0.5, 0.6) is 34.5 Å². The van der Waals surface area contributed by atoms with Crippen LogP contribution in [0.15, 0.2) is 106 Å². The highest BCUT2D eigenvalue weighted by atomic mass is 32.2. The molecule has 0 aliphatic heterocycles. The number of aromatic nitrogens is 1. The summed E-state index contributed by atoms with van der Waals surface area (Å²) in [5.74, 6) is 4.69. The van der Waals surface area contributed by atoms with Gasteiger partial charge < -0.3 is 38.9 Å². The van der Waals surface area contributed by atoms with Crippen LogP contribution in [0.1, 0.15) is 78.3 Å². The molecule has 5 aromatic rings. The van der Waals surface area contributed by atoms with Crippen molar-refractivity contribution >= 4 is 52.9 Å². The van der Waals surface area contributed by atoms with Gasteiger partial charge in [-0.1, -0.05) is 36.4 Å². The van der Waals surface area contributed by atoms with Crippen molar-refractivity contribution in [1.29, 1.82) is 0 Å². The first-order chi connectivity index (χ1) is 31.8. The highest BCUT2D eigenvalue weighted by molar-refractivity contribution is 8.21. The number of ether oxygens (including phenoxy) is 7. The van der Waals surface area contributed by atoms with Crippen molar-refractivity contribution in [3.05, 3.63) is 124 Å². The fourth-order valence-corrected chi connectivity index (χ4v) is 8.23. The van der Waals surface area contributed by atoms with Crippen molar-refractivity contribution in [3.8, 4) is 45.8 Å². The van der Waals surface area contributed by atoms with Gasteiger partial charge in [0.25, 0.3) is 0 Å². The van der Waals surface area contributed by atoms with E-state index in [-0.39, 0.29) is 17.2 Å². The number of pyridine rings is 1. The largest absolute Gasteiger partial charge is 0.497 e. The van der Waals surface area contributed by atoms with E-state index >= 15 is 0 Å². The number of allylic oxidation sites excluding steroid dienone is 1. The van der Waals surface area contributed by atoms with Crippen LogP contribution in [-0.2, 0) is 18.0 Å². The molecule has 0 radical (unpaired) electrons. The third kappa shape index (κ3) is 14.5. The smallest absolute Gasteiger partial charge is 0.343 e. The summed E-state index contributed by atoms with van der Waals surface area (Å²) < 4.78 is 41.5. The van der Waals surface area contributed by atoms with Crippen LogP contribution in [0.3, 0.4) is 0 Å². The molecule has 66 heavy (non-hydrogen) atoms. The van der Waals surface area contributed by atoms with Crippen LogP contribution in [0.2, 0.25) is 0 Å². The van der Waals surface area contributed by atoms with Crippen LogP contribution >= 0.6 is 35.3 Å². The van der Waals surface area contributed by atoms with Crippen molar-refractivity contribution in [1.82, 2.24) is 4.98 Å². The van der Waals surface area contributed by atoms with E-state index < -0.39 is 11.6 Å². The molecule has 0 atom stereocenters. The van der Waals surface area contributed by atoms with Crippen LogP contribution in [0.4, 0.5) is 5.82 Å². The maximum absolute atomic E-state index is 13.1.